The first kappa shape index (κ1) is 14.1. The monoisotopic (exact) mass is 291 g/mol. The molecule has 1 aromatic rings. The summed E-state index contributed by atoms with van der Waals surface area (Å²) in [6, 6.07) is -0.405. The minimum absolute atomic E-state index is 0.0647. The summed E-state index contributed by atoms with van der Waals surface area (Å²) in [6.07, 6.45) is 7.84. The highest BCUT2D eigenvalue weighted by molar-refractivity contribution is 5.86. The van der Waals surface area contributed by atoms with Crippen molar-refractivity contribution in [2.75, 3.05) is 13.7 Å². The fraction of sp³-hybridized carbons (Fsp3) is 0.667. The van der Waals surface area contributed by atoms with Gasteiger partial charge >= 0.3 is 5.97 Å². The molecule has 0 aromatic carbocycles. The van der Waals surface area contributed by atoms with E-state index in [1.54, 1.807) is 11.1 Å². The second kappa shape index (κ2) is 5.87. The number of ether oxygens (including phenoxy) is 1. The zero-order valence-electron chi connectivity index (χ0n) is 12.3. The molecule has 114 valence electrons. The van der Waals surface area contributed by atoms with Gasteiger partial charge in [-0.3, -0.25) is 4.79 Å². The summed E-state index contributed by atoms with van der Waals surface area (Å²) in [5.41, 5.74) is 0. The van der Waals surface area contributed by atoms with Crippen molar-refractivity contribution in [2.24, 2.45) is 5.92 Å². The molecular formula is C15H21N3O3. The summed E-state index contributed by atoms with van der Waals surface area (Å²) in [5.74, 6) is 0.691. The Morgan fingerprint density at radius 1 is 1.29 bits per heavy atom. The predicted octanol–water partition coefficient (Wildman–Crippen LogP) is 1.000. The number of methoxy groups -OCH3 is 1. The van der Waals surface area contributed by atoms with Gasteiger partial charge < -0.3 is 14.2 Å². The Kier molecular flexibility index (Phi) is 3.94. The lowest BCUT2D eigenvalue weighted by Crippen LogP contribution is -2.51. The van der Waals surface area contributed by atoms with E-state index in [0.29, 0.717) is 19.4 Å². The Balaban J connectivity index is 1.73. The number of aromatic nitrogens is 2. The minimum atomic E-state index is -0.405. The molecule has 1 saturated heterocycles. The zero-order chi connectivity index (χ0) is 14.8. The predicted molar refractivity (Wildman–Crippen MR) is 75.4 cm³/mol. The number of hydrogen-bond donors (Lipinski definition) is 0. The first-order valence-electron chi connectivity index (χ1n) is 7.59. The van der Waals surface area contributed by atoms with Crippen LogP contribution in [0.2, 0.25) is 0 Å². The molecule has 1 aromatic heterocycles. The molecule has 1 fully saturated rings. The Hall–Kier alpha value is -1.85. The second-order valence-electron chi connectivity index (χ2n) is 5.79. The van der Waals surface area contributed by atoms with Crippen LogP contribution < -0.4 is 0 Å². The molecule has 0 N–H and O–H groups in total. The van der Waals surface area contributed by atoms with E-state index in [2.05, 4.69) is 9.55 Å². The number of carbonyl (C=O) groups is 2. The van der Waals surface area contributed by atoms with Crippen LogP contribution in [-0.2, 0) is 27.3 Å². The summed E-state index contributed by atoms with van der Waals surface area (Å²) in [6.45, 7) is 1.48. The van der Waals surface area contributed by atoms with Crippen molar-refractivity contribution in [1.29, 1.82) is 0 Å². The second-order valence-corrected chi connectivity index (χ2v) is 5.79. The molecule has 0 spiro atoms. The third-order valence-electron chi connectivity index (χ3n) is 4.56. The largest absolute Gasteiger partial charge is 0.467 e. The van der Waals surface area contributed by atoms with Crippen LogP contribution in [0.3, 0.4) is 0 Å². The molecule has 0 bridgehead atoms. The van der Waals surface area contributed by atoms with Crippen LogP contribution in [0, 0.1) is 5.92 Å². The molecule has 3 rings (SSSR count). The highest BCUT2D eigenvalue weighted by Crippen LogP contribution is 2.26. The summed E-state index contributed by atoms with van der Waals surface area (Å²) < 4.78 is 6.95. The Morgan fingerprint density at radius 3 is 2.95 bits per heavy atom. The SMILES string of the molecule is COC(=O)C1CCCCN1C(=O)C1CCn2ccnc2C1. The number of imidazole rings is 1. The van der Waals surface area contributed by atoms with Gasteiger partial charge in [0.2, 0.25) is 5.91 Å². The van der Waals surface area contributed by atoms with E-state index in [0.717, 1.165) is 31.6 Å². The van der Waals surface area contributed by atoms with Crippen LogP contribution in [0.4, 0.5) is 0 Å². The van der Waals surface area contributed by atoms with Crippen molar-refractivity contribution in [2.45, 2.75) is 44.7 Å². The van der Waals surface area contributed by atoms with Gasteiger partial charge in [-0.25, -0.2) is 9.78 Å². The number of amides is 1. The van der Waals surface area contributed by atoms with Gasteiger partial charge in [-0.1, -0.05) is 0 Å². The smallest absolute Gasteiger partial charge is 0.328 e. The Bertz CT molecular complexity index is 540. The van der Waals surface area contributed by atoms with Gasteiger partial charge in [0, 0.05) is 37.8 Å². The molecule has 6 nitrogen and oxygen atoms in total. The van der Waals surface area contributed by atoms with Gasteiger partial charge in [-0.15, -0.1) is 0 Å². The standard InChI is InChI=1S/C15H21N3O3/c1-21-15(20)12-4-2-3-7-18(12)14(19)11-5-8-17-9-6-16-13(17)10-11/h6,9,11-12H,2-5,7-8,10H2,1H3. The lowest BCUT2D eigenvalue weighted by atomic mass is 9.93. The number of esters is 1. The number of carbonyl (C=O) groups excluding carboxylic acids is 2. The van der Waals surface area contributed by atoms with Crippen molar-refractivity contribution in [1.82, 2.24) is 14.5 Å². The number of fused-ring (bicyclic) bond motifs is 1. The van der Waals surface area contributed by atoms with Gasteiger partial charge in [0.05, 0.1) is 7.11 Å². The minimum Gasteiger partial charge on any atom is -0.467 e. The maximum atomic E-state index is 12.8. The van der Waals surface area contributed by atoms with Crippen LogP contribution in [-0.4, -0.2) is 46.0 Å². The topological polar surface area (TPSA) is 64.4 Å². The first-order valence-corrected chi connectivity index (χ1v) is 7.59. The molecule has 2 unspecified atom stereocenters. The zero-order valence-corrected chi connectivity index (χ0v) is 12.3. The van der Waals surface area contributed by atoms with E-state index in [9.17, 15) is 9.59 Å². The van der Waals surface area contributed by atoms with Crippen molar-refractivity contribution < 1.29 is 14.3 Å². The molecule has 0 radical (unpaired) electrons. The molecule has 0 aliphatic carbocycles. The van der Waals surface area contributed by atoms with Crippen molar-refractivity contribution >= 4 is 11.9 Å². The molecular weight excluding hydrogens is 270 g/mol. The molecule has 2 aliphatic rings. The van der Waals surface area contributed by atoms with Gasteiger partial charge in [0.25, 0.3) is 0 Å². The van der Waals surface area contributed by atoms with Crippen molar-refractivity contribution in [3.05, 3.63) is 18.2 Å². The Labute approximate surface area is 124 Å². The van der Waals surface area contributed by atoms with Gasteiger partial charge in [-0.05, 0) is 25.7 Å². The highest BCUT2D eigenvalue weighted by Gasteiger charge is 2.37. The van der Waals surface area contributed by atoms with E-state index in [-0.39, 0.29) is 17.8 Å². The third kappa shape index (κ3) is 2.66. The maximum absolute atomic E-state index is 12.8. The molecule has 0 saturated carbocycles. The molecule has 3 heterocycles. The van der Waals surface area contributed by atoms with Crippen LogP contribution in [0.1, 0.15) is 31.5 Å². The summed E-state index contributed by atoms with van der Waals surface area (Å²) in [5, 5.41) is 0. The van der Waals surface area contributed by atoms with Crippen LogP contribution in [0.25, 0.3) is 0 Å². The third-order valence-corrected chi connectivity index (χ3v) is 4.56. The van der Waals surface area contributed by atoms with Gasteiger partial charge in [-0.2, -0.15) is 0 Å². The van der Waals surface area contributed by atoms with Gasteiger partial charge in [0.1, 0.15) is 11.9 Å². The lowest BCUT2D eigenvalue weighted by Gasteiger charge is -2.37. The van der Waals surface area contributed by atoms with E-state index in [1.807, 2.05) is 6.20 Å². The average Bonchev–Trinajstić information content (AvgIpc) is 3.01. The number of likely N-dealkylation sites (tertiary alicyclic amines) is 1. The molecule has 2 aliphatic heterocycles. The Morgan fingerprint density at radius 2 is 2.14 bits per heavy atom. The normalized spacial score (nSPS) is 25.3. The molecule has 6 heteroatoms. The number of nitrogens with zero attached hydrogens (tertiary/aromatic N) is 3. The molecule has 21 heavy (non-hydrogen) atoms. The van der Waals surface area contributed by atoms with E-state index < -0.39 is 6.04 Å². The fourth-order valence-electron chi connectivity index (χ4n) is 3.37. The lowest BCUT2D eigenvalue weighted by molar-refractivity contribution is -0.156. The number of hydrogen-bond acceptors (Lipinski definition) is 4. The quantitative estimate of drug-likeness (QED) is 0.763. The molecule has 2 atom stereocenters. The number of piperidine rings is 1. The fourth-order valence-corrected chi connectivity index (χ4v) is 3.37. The number of aryl methyl sites for hydroxylation is 1. The van der Waals surface area contributed by atoms with Crippen LogP contribution >= 0.6 is 0 Å². The van der Waals surface area contributed by atoms with Gasteiger partial charge in [0.15, 0.2) is 0 Å². The summed E-state index contributed by atoms with van der Waals surface area (Å²) >= 11 is 0. The summed E-state index contributed by atoms with van der Waals surface area (Å²) in [7, 11) is 1.39. The van der Waals surface area contributed by atoms with Crippen LogP contribution in [0.5, 0.6) is 0 Å². The average molecular weight is 291 g/mol. The van der Waals surface area contributed by atoms with E-state index in [4.69, 9.17) is 4.74 Å². The van der Waals surface area contributed by atoms with Crippen molar-refractivity contribution in [3.8, 4) is 0 Å². The number of rotatable bonds is 2. The first-order chi connectivity index (χ1) is 10.2. The van der Waals surface area contributed by atoms with Crippen LogP contribution in [0.15, 0.2) is 12.4 Å². The maximum Gasteiger partial charge on any atom is 0.328 e. The van der Waals surface area contributed by atoms with E-state index >= 15 is 0 Å². The highest BCUT2D eigenvalue weighted by atomic mass is 16.5. The summed E-state index contributed by atoms with van der Waals surface area (Å²) in [4.78, 5) is 30.7. The van der Waals surface area contributed by atoms with E-state index in [1.165, 1.54) is 7.11 Å². The van der Waals surface area contributed by atoms with Crippen molar-refractivity contribution in [3.63, 3.8) is 0 Å². The molecule has 1 amide bonds.